The Morgan fingerprint density at radius 3 is 2.72 bits per heavy atom. The molecule has 0 aromatic heterocycles. The molecule has 2 aliphatic carbocycles. The zero-order chi connectivity index (χ0) is 17.8. The van der Waals surface area contributed by atoms with Crippen LogP contribution in [-0.2, 0) is 20.7 Å². The highest BCUT2D eigenvalue weighted by atomic mass is 16.5. The monoisotopic (exact) mass is 338 g/mol. The molecule has 4 heteroatoms. The third-order valence-electron chi connectivity index (χ3n) is 6.24. The van der Waals surface area contributed by atoms with E-state index in [0.717, 1.165) is 29.5 Å². The summed E-state index contributed by atoms with van der Waals surface area (Å²) in [4.78, 5) is 25.0. The molecule has 1 saturated carbocycles. The van der Waals surface area contributed by atoms with Gasteiger partial charge in [-0.15, -0.1) is 0 Å². The summed E-state index contributed by atoms with van der Waals surface area (Å²) in [7, 11) is 3.06. The van der Waals surface area contributed by atoms with Crippen molar-refractivity contribution in [2.45, 2.75) is 32.1 Å². The summed E-state index contributed by atoms with van der Waals surface area (Å²) in [5, 5.41) is 2.31. The minimum absolute atomic E-state index is 0.0947. The van der Waals surface area contributed by atoms with Gasteiger partial charge in [0.05, 0.1) is 20.1 Å². The Morgan fingerprint density at radius 2 is 2.00 bits per heavy atom. The Bertz CT molecular complexity index is 885. The Hall–Kier alpha value is -2.36. The van der Waals surface area contributed by atoms with Crippen molar-refractivity contribution in [3.63, 3.8) is 0 Å². The van der Waals surface area contributed by atoms with Crippen molar-refractivity contribution in [2.24, 2.45) is 11.3 Å². The van der Waals surface area contributed by atoms with Crippen LogP contribution in [0.15, 0.2) is 30.3 Å². The summed E-state index contributed by atoms with van der Waals surface area (Å²) in [6.07, 6.45) is 1.92. The molecule has 0 bridgehead atoms. The van der Waals surface area contributed by atoms with Gasteiger partial charge in [0.25, 0.3) is 0 Å². The molecule has 0 radical (unpaired) electrons. The number of esters is 1. The first kappa shape index (κ1) is 16.1. The standard InChI is InChI=1S/C21H22O4/c1-21-9-8-15-14-7-5-13(24-2)10-12(14)4-6-16(15)19(21)17(11-18(21)22)20(23)25-3/h4-7,10,17,19H,8-9,11H2,1-3H3/t17-,19-,21-/m1/s1. The van der Waals surface area contributed by atoms with Crippen LogP contribution in [0.2, 0.25) is 0 Å². The maximum atomic E-state index is 12.7. The van der Waals surface area contributed by atoms with E-state index in [1.807, 2.05) is 19.1 Å². The highest BCUT2D eigenvalue weighted by Gasteiger charge is 2.56. The van der Waals surface area contributed by atoms with Crippen LogP contribution in [0.25, 0.3) is 10.8 Å². The number of aryl methyl sites for hydroxylation is 1. The average Bonchev–Trinajstić information content (AvgIpc) is 2.91. The SMILES string of the molecule is COC(=O)[C@@H]1CC(=O)[C@@]2(C)CCc3c(ccc4cc(OC)ccc34)[C@H]12. The van der Waals surface area contributed by atoms with Crippen molar-refractivity contribution in [1.82, 2.24) is 0 Å². The number of hydrogen-bond acceptors (Lipinski definition) is 4. The molecule has 2 aliphatic rings. The Kier molecular flexibility index (Phi) is 3.60. The Morgan fingerprint density at radius 1 is 1.20 bits per heavy atom. The Labute approximate surface area is 147 Å². The van der Waals surface area contributed by atoms with E-state index < -0.39 is 5.41 Å². The van der Waals surface area contributed by atoms with E-state index in [0.29, 0.717) is 0 Å². The molecule has 0 saturated heterocycles. The fourth-order valence-electron chi connectivity index (χ4n) is 4.87. The number of rotatable bonds is 2. The van der Waals surface area contributed by atoms with Crippen molar-refractivity contribution >= 4 is 22.5 Å². The molecule has 0 N–H and O–H groups in total. The van der Waals surface area contributed by atoms with Crippen molar-refractivity contribution < 1.29 is 19.1 Å². The summed E-state index contributed by atoms with van der Waals surface area (Å²) in [5.74, 6) is 0.273. The van der Waals surface area contributed by atoms with E-state index >= 15 is 0 Å². The van der Waals surface area contributed by atoms with Gasteiger partial charge < -0.3 is 9.47 Å². The fourth-order valence-corrected chi connectivity index (χ4v) is 4.87. The molecule has 25 heavy (non-hydrogen) atoms. The number of ether oxygens (including phenoxy) is 2. The zero-order valence-electron chi connectivity index (χ0n) is 14.8. The number of fused-ring (bicyclic) bond motifs is 5. The lowest BCUT2D eigenvalue weighted by atomic mass is 9.64. The van der Waals surface area contributed by atoms with Crippen molar-refractivity contribution in [3.8, 4) is 5.75 Å². The molecule has 3 atom stereocenters. The van der Waals surface area contributed by atoms with E-state index in [1.54, 1.807) is 7.11 Å². The summed E-state index contributed by atoms with van der Waals surface area (Å²) in [6.45, 7) is 2.02. The van der Waals surface area contributed by atoms with E-state index in [2.05, 4.69) is 18.2 Å². The summed E-state index contributed by atoms with van der Waals surface area (Å²) < 4.78 is 10.3. The van der Waals surface area contributed by atoms with Gasteiger partial charge in [-0.25, -0.2) is 0 Å². The number of ketones is 1. The molecule has 0 heterocycles. The van der Waals surface area contributed by atoms with Crippen LogP contribution in [0, 0.1) is 11.3 Å². The maximum Gasteiger partial charge on any atom is 0.309 e. The van der Waals surface area contributed by atoms with Gasteiger partial charge in [0, 0.05) is 17.8 Å². The fraction of sp³-hybridized carbons (Fsp3) is 0.429. The first-order chi connectivity index (χ1) is 12.0. The van der Waals surface area contributed by atoms with E-state index in [-0.39, 0.29) is 30.0 Å². The van der Waals surface area contributed by atoms with Crippen LogP contribution in [0.1, 0.15) is 36.8 Å². The van der Waals surface area contributed by atoms with Crippen molar-refractivity contribution in [3.05, 3.63) is 41.5 Å². The lowest BCUT2D eigenvalue weighted by Gasteiger charge is -2.38. The first-order valence-corrected chi connectivity index (χ1v) is 8.70. The minimum atomic E-state index is -0.466. The smallest absolute Gasteiger partial charge is 0.309 e. The molecular weight excluding hydrogens is 316 g/mol. The van der Waals surface area contributed by atoms with Crippen LogP contribution in [-0.4, -0.2) is 26.0 Å². The van der Waals surface area contributed by atoms with E-state index in [9.17, 15) is 9.59 Å². The average molecular weight is 338 g/mol. The highest BCUT2D eigenvalue weighted by Crippen LogP contribution is 2.57. The topological polar surface area (TPSA) is 52.6 Å². The molecule has 2 aromatic rings. The molecule has 0 amide bonds. The first-order valence-electron chi connectivity index (χ1n) is 8.70. The second-order valence-corrected chi connectivity index (χ2v) is 7.37. The number of carbonyl (C=O) groups is 2. The molecule has 0 aliphatic heterocycles. The van der Waals surface area contributed by atoms with Gasteiger partial charge in [-0.05, 0) is 46.9 Å². The van der Waals surface area contributed by atoms with Gasteiger partial charge in [0.15, 0.2) is 0 Å². The third kappa shape index (κ3) is 2.20. The highest BCUT2D eigenvalue weighted by molar-refractivity contribution is 5.96. The lowest BCUT2D eigenvalue weighted by molar-refractivity contribution is -0.146. The largest absolute Gasteiger partial charge is 0.497 e. The van der Waals surface area contributed by atoms with E-state index in [1.165, 1.54) is 18.1 Å². The summed E-state index contributed by atoms with van der Waals surface area (Å²) >= 11 is 0. The second kappa shape index (κ2) is 5.58. The lowest BCUT2D eigenvalue weighted by Crippen LogP contribution is -2.35. The number of hydrogen-bond donors (Lipinski definition) is 0. The number of methoxy groups -OCH3 is 2. The maximum absolute atomic E-state index is 12.7. The second-order valence-electron chi connectivity index (χ2n) is 7.37. The summed E-state index contributed by atoms with van der Waals surface area (Å²) in [6, 6.07) is 10.2. The van der Waals surface area contributed by atoms with E-state index in [4.69, 9.17) is 9.47 Å². The van der Waals surface area contributed by atoms with Crippen LogP contribution in [0.4, 0.5) is 0 Å². The number of Topliss-reactive ketones (excluding diaryl/α,β-unsaturated/α-hetero) is 1. The normalized spacial score (nSPS) is 27.7. The molecular formula is C21H22O4. The van der Waals surface area contributed by atoms with Crippen LogP contribution in [0.5, 0.6) is 5.75 Å². The molecule has 2 aromatic carbocycles. The molecule has 1 fully saturated rings. The van der Waals surface area contributed by atoms with Crippen molar-refractivity contribution in [1.29, 1.82) is 0 Å². The third-order valence-corrected chi connectivity index (χ3v) is 6.24. The molecule has 4 nitrogen and oxygen atoms in total. The van der Waals surface area contributed by atoms with Crippen LogP contribution >= 0.6 is 0 Å². The van der Waals surface area contributed by atoms with Gasteiger partial charge in [0.2, 0.25) is 0 Å². The van der Waals surface area contributed by atoms with Crippen LogP contribution in [0.3, 0.4) is 0 Å². The van der Waals surface area contributed by atoms with Gasteiger partial charge in [-0.3, -0.25) is 9.59 Å². The van der Waals surface area contributed by atoms with Gasteiger partial charge in [0.1, 0.15) is 11.5 Å². The molecule has 0 spiro atoms. The van der Waals surface area contributed by atoms with Crippen molar-refractivity contribution in [2.75, 3.05) is 14.2 Å². The molecule has 4 rings (SSSR count). The predicted octanol–water partition coefficient (Wildman–Crippen LogP) is 3.65. The van der Waals surface area contributed by atoms with Crippen LogP contribution < -0.4 is 4.74 Å². The number of carbonyl (C=O) groups excluding carboxylic acids is 2. The number of benzene rings is 2. The van der Waals surface area contributed by atoms with Gasteiger partial charge >= 0.3 is 5.97 Å². The molecule has 130 valence electrons. The Balaban J connectivity index is 1.90. The summed E-state index contributed by atoms with van der Waals surface area (Å²) in [5.41, 5.74) is 1.92. The van der Waals surface area contributed by atoms with Gasteiger partial charge in [-0.2, -0.15) is 0 Å². The predicted molar refractivity (Wildman–Crippen MR) is 94.8 cm³/mol. The van der Waals surface area contributed by atoms with Gasteiger partial charge in [-0.1, -0.05) is 25.1 Å². The molecule has 0 unspecified atom stereocenters. The minimum Gasteiger partial charge on any atom is -0.497 e. The quantitative estimate of drug-likeness (QED) is 0.785. The zero-order valence-corrected chi connectivity index (χ0v) is 14.8.